The van der Waals surface area contributed by atoms with Crippen LogP contribution in [0, 0.1) is 10.1 Å². The number of unbranched alkanes of at least 4 members (excludes halogenated alkanes) is 10. The summed E-state index contributed by atoms with van der Waals surface area (Å²) in [5.41, 5.74) is -0.224. The van der Waals surface area contributed by atoms with Crippen molar-refractivity contribution in [1.29, 1.82) is 0 Å². The van der Waals surface area contributed by atoms with E-state index in [4.69, 9.17) is 28.4 Å². The van der Waals surface area contributed by atoms with Crippen LogP contribution >= 0.6 is 0 Å². The minimum atomic E-state index is -0.781. The third-order valence-electron chi connectivity index (χ3n) is 9.14. The summed E-state index contributed by atoms with van der Waals surface area (Å²) in [4.78, 5) is 85.0. The molecular formula is C48H63N3O14. The third kappa shape index (κ3) is 22.1. The Kier molecular flexibility index (Phi) is 21.9. The molecule has 65 heavy (non-hydrogen) atoms. The molecule has 17 heteroatoms. The molecule has 0 aliphatic carbocycles. The van der Waals surface area contributed by atoms with E-state index in [-0.39, 0.29) is 37.6 Å². The summed E-state index contributed by atoms with van der Waals surface area (Å²) in [5.74, 6) is -2.48. The fourth-order valence-electron chi connectivity index (χ4n) is 5.99. The van der Waals surface area contributed by atoms with Gasteiger partial charge in [-0.05, 0) is 122 Å². The minimum Gasteiger partial charge on any atom is -0.462 e. The number of amides is 2. The lowest BCUT2D eigenvalue weighted by molar-refractivity contribution is -0.384. The number of nitrogens with zero attached hydrogens (tertiary/aromatic N) is 1. The molecule has 0 fully saturated rings. The minimum absolute atomic E-state index is 0.0997. The van der Waals surface area contributed by atoms with Crippen molar-refractivity contribution in [3.8, 4) is 0 Å². The number of nitrogens with one attached hydrogen (secondary N) is 2. The van der Waals surface area contributed by atoms with Crippen LogP contribution in [0.2, 0.25) is 0 Å². The Morgan fingerprint density at radius 2 is 0.723 bits per heavy atom. The van der Waals surface area contributed by atoms with Gasteiger partial charge in [0.2, 0.25) is 0 Å². The van der Waals surface area contributed by atoms with Crippen LogP contribution in [0.5, 0.6) is 0 Å². The molecule has 0 saturated carbocycles. The molecule has 0 spiro atoms. The van der Waals surface area contributed by atoms with Gasteiger partial charge < -0.3 is 28.4 Å². The predicted molar refractivity (Wildman–Crippen MR) is 242 cm³/mol. The lowest BCUT2D eigenvalue weighted by atomic mass is 10.1. The summed E-state index contributed by atoms with van der Waals surface area (Å²) in [7, 11) is 0. The van der Waals surface area contributed by atoms with Gasteiger partial charge in [0.25, 0.3) is 5.69 Å². The van der Waals surface area contributed by atoms with Crippen LogP contribution < -0.4 is 10.6 Å². The number of rotatable bonds is 25. The van der Waals surface area contributed by atoms with Gasteiger partial charge in [-0.15, -0.1) is 0 Å². The van der Waals surface area contributed by atoms with E-state index in [1.165, 1.54) is 6.07 Å². The zero-order valence-corrected chi connectivity index (χ0v) is 38.3. The number of esters is 4. The first-order valence-corrected chi connectivity index (χ1v) is 22.0. The number of hydrogen-bond acceptors (Lipinski definition) is 14. The van der Waals surface area contributed by atoms with Gasteiger partial charge in [-0.3, -0.25) is 20.7 Å². The lowest BCUT2D eigenvalue weighted by Crippen LogP contribution is -2.27. The first kappa shape index (κ1) is 52.8. The predicted octanol–water partition coefficient (Wildman–Crippen LogP) is 11.0. The highest BCUT2D eigenvalue weighted by molar-refractivity contribution is 5.96. The van der Waals surface area contributed by atoms with E-state index in [1.54, 1.807) is 90.1 Å². The maximum absolute atomic E-state index is 12.8. The maximum Gasteiger partial charge on any atom is 0.412 e. The molecule has 2 amide bonds. The molecule has 0 saturated heterocycles. The zero-order chi connectivity index (χ0) is 47.8. The Morgan fingerprint density at radius 1 is 0.446 bits per heavy atom. The van der Waals surface area contributed by atoms with Crippen molar-refractivity contribution in [2.24, 2.45) is 0 Å². The molecule has 3 aromatic rings. The molecule has 0 atom stereocenters. The number of non-ortho nitro benzene ring substituents is 1. The second-order valence-corrected chi connectivity index (χ2v) is 17.2. The number of nitro groups is 1. The Balaban J connectivity index is 1.23. The van der Waals surface area contributed by atoms with E-state index in [0.29, 0.717) is 48.2 Å². The zero-order valence-electron chi connectivity index (χ0n) is 38.3. The summed E-state index contributed by atoms with van der Waals surface area (Å²) in [5, 5.41) is 16.8. The van der Waals surface area contributed by atoms with E-state index in [0.717, 1.165) is 63.5 Å². The topological polar surface area (TPSA) is 225 Å². The first-order chi connectivity index (χ1) is 30.8. The monoisotopic (exact) mass is 905 g/mol. The van der Waals surface area contributed by atoms with Gasteiger partial charge in [0.1, 0.15) is 11.2 Å². The smallest absolute Gasteiger partial charge is 0.412 e. The molecule has 0 unspecified atom stereocenters. The molecule has 3 rings (SSSR count). The van der Waals surface area contributed by atoms with Gasteiger partial charge in [0, 0.05) is 23.5 Å². The van der Waals surface area contributed by atoms with Crippen molar-refractivity contribution in [3.63, 3.8) is 0 Å². The number of carbonyl (C=O) groups excluding carboxylic acids is 6. The fraction of sp³-hybridized carbons (Fsp3) is 0.500. The summed E-state index contributed by atoms with van der Waals surface area (Å²) < 4.78 is 31.8. The summed E-state index contributed by atoms with van der Waals surface area (Å²) in [6, 6.07) is 16.0. The Morgan fingerprint density at radius 3 is 1.00 bits per heavy atom. The van der Waals surface area contributed by atoms with Crippen molar-refractivity contribution in [2.75, 3.05) is 37.1 Å². The van der Waals surface area contributed by atoms with E-state index >= 15 is 0 Å². The van der Waals surface area contributed by atoms with Crippen LogP contribution in [-0.4, -0.2) is 78.6 Å². The molecule has 0 aliphatic rings. The number of hydrogen-bond donors (Lipinski definition) is 2. The van der Waals surface area contributed by atoms with Gasteiger partial charge in [-0.25, -0.2) is 28.8 Å². The van der Waals surface area contributed by atoms with Crippen molar-refractivity contribution in [1.82, 2.24) is 0 Å². The van der Waals surface area contributed by atoms with Gasteiger partial charge in [0.15, 0.2) is 0 Å². The number of nitro benzene ring substituents is 1. The average Bonchev–Trinajstić information content (AvgIpc) is 3.23. The Labute approximate surface area is 380 Å². The maximum atomic E-state index is 12.8. The number of ether oxygens (including phenoxy) is 6. The molecule has 0 bridgehead atoms. The number of anilines is 2. The second kappa shape index (κ2) is 27.0. The molecule has 0 heterocycles. The second-order valence-electron chi connectivity index (χ2n) is 17.2. The summed E-state index contributed by atoms with van der Waals surface area (Å²) in [6.07, 6.45) is 8.01. The lowest BCUT2D eigenvalue weighted by Gasteiger charge is -2.19. The molecular weight excluding hydrogens is 843 g/mol. The quantitative estimate of drug-likeness (QED) is 0.0265. The van der Waals surface area contributed by atoms with E-state index in [2.05, 4.69) is 10.6 Å². The highest BCUT2D eigenvalue weighted by Crippen LogP contribution is 2.21. The van der Waals surface area contributed by atoms with Crippen LogP contribution in [0.15, 0.2) is 66.7 Å². The number of benzene rings is 3. The van der Waals surface area contributed by atoms with Crippen molar-refractivity contribution in [2.45, 2.75) is 130 Å². The van der Waals surface area contributed by atoms with Crippen LogP contribution in [0.1, 0.15) is 160 Å². The van der Waals surface area contributed by atoms with Gasteiger partial charge >= 0.3 is 36.1 Å². The SMILES string of the molecule is CC(C)(C)OC(=O)Nc1ccc(C(=O)OCCCCCCCCOC(=O)c2cc(C(=O)OCCCCCCCCOC(=O)c3ccc(NC(=O)OC(C)(C)C)cc3)cc([N+](=O)[O-])c2)cc1. The molecule has 354 valence electrons. The van der Waals surface area contributed by atoms with Crippen LogP contribution in [0.25, 0.3) is 0 Å². The Bertz CT molecular complexity index is 1900. The van der Waals surface area contributed by atoms with Gasteiger partial charge in [0.05, 0.1) is 53.6 Å². The molecule has 0 aliphatic heterocycles. The molecule has 0 aromatic heterocycles. The van der Waals surface area contributed by atoms with Gasteiger partial charge in [-0.1, -0.05) is 51.4 Å². The summed E-state index contributed by atoms with van der Waals surface area (Å²) >= 11 is 0. The van der Waals surface area contributed by atoms with Crippen molar-refractivity contribution in [3.05, 3.63) is 99.1 Å². The first-order valence-electron chi connectivity index (χ1n) is 22.0. The van der Waals surface area contributed by atoms with E-state index in [1.807, 2.05) is 0 Å². The summed E-state index contributed by atoms with van der Waals surface area (Å²) in [6.45, 7) is 11.3. The largest absolute Gasteiger partial charge is 0.462 e. The highest BCUT2D eigenvalue weighted by Gasteiger charge is 2.21. The van der Waals surface area contributed by atoms with E-state index in [9.17, 15) is 38.9 Å². The molecule has 17 nitrogen and oxygen atoms in total. The number of carbonyl (C=O) groups is 6. The van der Waals surface area contributed by atoms with Crippen molar-refractivity contribution >= 4 is 53.1 Å². The van der Waals surface area contributed by atoms with Crippen LogP contribution in [-0.2, 0) is 28.4 Å². The third-order valence-corrected chi connectivity index (χ3v) is 9.14. The molecule has 0 radical (unpaired) electrons. The van der Waals surface area contributed by atoms with Crippen LogP contribution in [0.3, 0.4) is 0 Å². The normalized spacial score (nSPS) is 11.2. The molecule has 2 N–H and O–H groups in total. The molecule has 3 aromatic carbocycles. The van der Waals surface area contributed by atoms with E-state index < -0.39 is 57.9 Å². The van der Waals surface area contributed by atoms with Crippen molar-refractivity contribution < 1.29 is 62.1 Å². The van der Waals surface area contributed by atoms with Gasteiger partial charge in [-0.2, -0.15) is 0 Å². The average molecular weight is 906 g/mol. The highest BCUT2D eigenvalue weighted by atomic mass is 16.6. The van der Waals surface area contributed by atoms with Crippen LogP contribution in [0.4, 0.5) is 26.7 Å². The standard InChI is InChI=1S/C48H63N3O14/c1-47(2,3)64-45(56)49-38-23-19-34(20-24-38)41(52)60-27-15-11-7-9-13-17-29-62-43(54)36-31-37(33-40(32-36)51(58)59)44(55)63-30-18-14-10-8-12-16-28-61-42(53)35-21-25-39(26-22-35)50-46(57)65-48(4,5)6/h19-26,31-33H,7-18,27-30H2,1-6H3,(H,49,56)(H,50,57). The fourth-order valence-corrected chi connectivity index (χ4v) is 5.99. The Hall–Kier alpha value is -6.52.